The second-order valence-electron chi connectivity index (χ2n) is 3.83. The molecule has 0 fully saturated rings. The van der Waals surface area contributed by atoms with Crippen molar-refractivity contribution in [2.75, 3.05) is 7.05 Å². The smallest absolute Gasteiger partial charge is 0.215 e. The van der Waals surface area contributed by atoms with E-state index < -0.39 is 10.0 Å². The third-order valence-electron chi connectivity index (χ3n) is 2.14. The van der Waals surface area contributed by atoms with E-state index in [0.29, 0.717) is 0 Å². The van der Waals surface area contributed by atoms with E-state index in [1.165, 1.54) is 7.05 Å². The molecule has 0 saturated carbocycles. The molecule has 0 radical (unpaired) electrons. The molecule has 0 aliphatic rings. The van der Waals surface area contributed by atoms with Gasteiger partial charge < -0.3 is 0 Å². The lowest BCUT2D eigenvalue weighted by molar-refractivity contribution is 0.587. The molecule has 0 aromatic carbocycles. The zero-order valence-corrected chi connectivity index (χ0v) is 10.3. The molecule has 1 rings (SSSR count). The summed E-state index contributed by atoms with van der Waals surface area (Å²) in [5.74, 6) is 0.221. The zero-order valence-electron chi connectivity index (χ0n) is 9.48. The lowest BCUT2D eigenvalue weighted by Crippen LogP contribution is -2.20. The average molecular weight is 231 g/mol. The highest BCUT2D eigenvalue weighted by Crippen LogP contribution is 2.18. The molecule has 0 unspecified atom stereocenters. The second-order valence-corrected chi connectivity index (χ2v) is 5.76. The van der Waals surface area contributed by atoms with Gasteiger partial charge in [-0.25, -0.2) is 13.1 Å². The van der Waals surface area contributed by atoms with Crippen molar-refractivity contribution in [3.63, 3.8) is 0 Å². The van der Waals surface area contributed by atoms with Crippen LogP contribution in [-0.2, 0) is 22.8 Å². The number of aromatic nitrogens is 2. The van der Waals surface area contributed by atoms with E-state index >= 15 is 0 Å². The molecule has 1 N–H and O–H groups in total. The van der Waals surface area contributed by atoms with Crippen molar-refractivity contribution in [3.8, 4) is 0 Å². The average Bonchev–Trinajstić information content (AvgIpc) is 2.46. The van der Waals surface area contributed by atoms with Crippen LogP contribution in [-0.4, -0.2) is 25.2 Å². The Morgan fingerprint density at radius 3 is 2.60 bits per heavy atom. The van der Waals surface area contributed by atoms with Gasteiger partial charge >= 0.3 is 0 Å². The number of sulfonamides is 1. The van der Waals surface area contributed by atoms with E-state index in [-0.39, 0.29) is 11.7 Å². The summed E-state index contributed by atoms with van der Waals surface area (Å²) in [4.78, 5) is 0. The van der Waals surface area contributed by atoms with Crippen LogP contribution in [0.25, 0.3) is 0 Å². The Hall–Kier alpha value is -0.880. The Kier molecular flexibility index (Phi) is 3.51. The first kappa shape index (κ1) is 12.2. The van der Waals surface area contributed by atoms with Gasteiger partial charge in [0.15, 0.2) is 0 Å². The normalized spacial score (nSPS) is 12.3. The summed E-state index contributed by atoms with van der Waals surface area (Å²) in [6.45, 7) is 4.00. The molecule has 1 aromatic heterocycles. The lowest BCUT2D eigenvalue weighted by Gasteiger charge is -2.05. The van der Waals surface area contributed by atoms with Crippen molar-refractivity contribution in [1.29, 1.82) is 0 Å². The van der Waals surface area contributed by atoms with E-state index in [0.717, 1.165) is 11.3 Å². The van der Waals surface area contributed by atoms with Gasteiger partial charge in [0.05, 0.1) is 11.4 Å². The number of nitrogens with one attached hydrogen (secondary N) is 1. The second kappa shape index (κ2) is 4.32. The Balaban J connectivity index is 3.04. The number of rotatable bonds is 4. The van der Waals surface area contributed by atoms with Crippen LogP contribution in [0.5, 0.6) is 0 Å². The SMILES string of the molecule is CNS(=O)(=O)Cc1cn(C)nc1C(C)C. The van der Waals surface area contributed by atoms with E-state index in [9.17, 15) is 8.42 Å². The first-order valence-corrected chi connectivity index (χ1v) is 6.44. The van der Waals surface area contributed by atoms with Crippen LogP contribution in [0.4, 0.5) is 0 Å². The van der Waals surface area contributed by atoms with Crippen LogP contribution < -0.4 is 4.72 Å². The minimum Gasteiger partial charge on any atom is -0.275 e. The standard InChI is InChI=1S/C9H17N3O2S/c1-7(2)9-8(5-12(4)11-9)6-15(13,14)10-3/h5,7,10H,6H2,1-4H3. The van der Waals surface area contributed by atoms with Crippen molar-refractivity contribution in [1.82, 2.24) is 14.5 Å². The maximum atomic E-state index is 11.4. The van der Waals surface area contributed by atoms with Crippen molar-refractivity contribution in [2.24, 2.45) is 7.05 Å². The Morgan fingerprint density at radius 2 is 2.13 bits per heavy atom. The molecule has 0 saturated heterocycles. The molecule has 1 heterocycles. The van der Waals surface area contributed by atoms with Crippen LogP contribution in [0.15, 0.2) is 6.20 Å². The largest absolute Gasteiger partial charge is 0.275 e. The summed E-state index contributed by atoms with van der Waals surface area (Å²) >= 11 is 0. The number of hydrogen-bond donors (Lipinski definition) is 1. The molecule has 0 spiro atoms. The van der Waals surface area contributed by atoms with Gasteiger partial charge in [-0.3, -0.25) is 4.68 Å². The third-order valence-corrected chi connectivity index (χ3v) is 3.45. The molecule has 0 bridgehead atoms. The molecule has 15 heavy (non-hydrogen) atoms. The molecule has 6 heteroatoms. The van der Waals surface area contributed by atoms with E-state index in [2.05, 4.69) is 9.82 Å². The Morgan fingerprint density at radius 1 is 1.53 bits per heavy atom. The maximum absolute atomic E-state index is 11.4. The summed E-state index contributed by atoms with van der Waals surface area (Å²) in [6.07, 6.45) is 1.75. The zero-order chi connectivity index (χ0) is 11.6. The monoisotopic (exact) mass is 231 g/mol. The van der Waals surface area contributed by atoms with E-state index in [1.807, 2.05) is 13.8 Å². The van der Waals surface area contributed by atoms with Gasteiger partial charge in [-0.15, -0.1) is 0 Å². The van der Waals surface area contributed by atoms with Gasteiger partial charge in [0, 0.05) is 18.8 Å². The molecule has 0 aliphatic heterocycles. The fourth-order valence-electron chi connectivity index (χ4n) is 1.43. The van der Waals surface area contributed by atoms with Crippen LogP contribution in [0.1, 0.15) is 31.0 Å². The molecule has 5 nitrogen and oxygen atoms in total. The lowest BCUT2D eigenvalue weighted by atomic mass is 10.1. The molecular formula is C9H17N3O2S. The molecule has 0 amide bonds. The minimum absolute atomic E-state index is 0.00907. The molecular weight excluding hydrogens is 214 g/mol. The number of hydrogen-bond acceptors (Lipinski definition) is 3. The first-order valence-electron chi connectivity index (χ1n) is 4.79. The van der Waals surface area contributed by atoms with Crippen LogP contribution in [0, 0.1) is 0 Å². The minimum atomic E-state index is -3.22. The highest BCUT2D eigenvalue weighted by Gasteiger charge is 2.17. The fourth-order valence-corrected chi connectivity index (χ4v) is 2.21. The quantitative estimate of drug-likeness (QED) is 0.825. The van der Waals surface area contributed by atoms with E-state index in [1.54, 1.807) is 17.9 Å². The van der Waals surface area contributed by atoms with Crippen molar-refractivity contribution in [2.45, 2.75) is 25.5 Å². The third kappa shape index (κ3) is 3.04. The van der Waals surface area contributed by atoms with Gasteiger partial charge in [0.25, 0.3) is 0 Å². The van der Waals surface area contributed by atoms with Crippen LogP contribution in [0.3, 0.4) is 0 Å². The summed E-state index contributed by atoms with van der Waals surface area (Å²) in [6, 6.07) is 0. The summed E-state index contributed by atoms with van der Waals surface area (Å²) < 4.78 is 26.8. The molecule has 1 aromatic rings. The Bertz CT molecular complexity index is 434. The van der Waals surface area contributed by atoms with Gasteiger partial charge in [-0.05, 0) is 13.0 Å². The summed E-state index contributed by atoms with van der Waals surface area (Å²) in [5, 5.41) is 4.25. The molecule has 0 aliphatic carbocycles. The number of aryl methyl sites for hydroxylation is 1. The van der Waals surface area contributed by atoms with Gasteiger partial charge in [-0.2, -0.15) is 5.10 Å². The van der Waals surface area contributed by atoms with Crippen LogP contribution >= 0.6 is 0 Å². The van der Waals surface area contributed by atoms with Crippen LogP contribution in [0.2, 0.25) is 0 Å². The fraction of sp³-hybridized carbons (Fsp3) is 0.667. The Labute approximate surface area is 90.5 Å². The van der Waals surface area contributed by atoms with Gasteiger partial charge in [0.2, 0.25) is 10.0 Å². The van der Waals surface area contributed by atoms with Crippen molar-refractivity contribution >= 4 is 10.0 Å². The first-order chi connectivity index (χ1) is 6.85. The summed E-state index contributed by atoms with van der Waals surface area (Å²) in [5.41, 5.74) is 1.61. The van der Waals surface area contributed by atoms with Crippen molar-refractivity contribution in [3.05, 3.63) is 17.5 Å². The summed E-state index contributed by atoms with van der Waals surface area (Å²) in [7, 11) is -0.00813. The molecule has 0 atom stereocenters. The predicted molar refractivity (Wildman–Crippen MR) is 59.0 cm³/mol. The van der Waals surface area contributed by atoms with Gasteiger partial charge in [0.1, 0.15) is 0 Å². The topological polar surface area (TPSA) is 64.0 Å². The predicted octanol–water partition coefficient (Wildman–Crippen LogP) is 0.593. The van der Waals surface area contributed by atoms with Gasteiger partial charge in [-0.1, -0.05) is 13.8 Å². The van der Waals surface area contributed by atoms with Crippen molar-refractivity contribution < 1.29 is 8.42 Å². The highest BCUT2D eigenvalue weighted by atomic mass is 32.2. The number of nitrogens with zero attached hydrogens (tertiary/aromatic N) is 2. The maximum Gasteiger partial charge on any atom is 0.215 e. The van der Waals surface area contributed by atoms with E-state index in [4.69, 9.17) is 0 Å². The highest BCUT2D eigenvalue weighted by molar-refractivity contribution is 7.88. The molecule has 86 valence electrons.